The van der Waals surface area contributed by atoms with E-state index in [0.717, 1.165) is 63.1 Å². The minimum absolute atomic E-state index is 0.0538. The summed E-state index contributed by atoms with van der Waals surface area (Å²) in [6, 6.07) is 6.99. The SMILES string of the molecule is CN(Cc1ccc2nsnc2c1)C1CCOC2(CCOCC2)C1. The Balaban J connectivity index is 1.44. The molecule has 2 aromatic rings. The van der Waals surface area contributed by atoms with Crippen molar-refractivity contribution in [3.8, 4) is 0 Å². The minimum atomic E-state index is 0.0538. The molecule has 23 heavy (non-hydrogen) atoms. The molecule has 0 amide bonds. The molecular formula is C17H23N3O2S. The van der Waals surface area contributed by atoms with E-state index in [0.29, 0.717) is 6.04 Å². The number of rotatable bonds is 3. The normalized spacial score (nSPS) is 24.5. The number of hydrogen-bond donors (Lipinski definition) is 0. The molecule has 5 nitrogen and oxygen atoms in total. The van der Waals surface area contributed by atoms with Crippen LogP contribution in [-0.2, 0) is 16.0 Å². The van der Waals surface area contributed by atoms with Gasteiger partial charge in [0.25, 0.3) is 0 Å². The Morgan fingerprint density at radius 3 is 2.91 bits per heavy atom. The van der Waals surface area contributed by atoms with Gasteiger partial charge in [-0.3, -0.25) is 4.90 Å². The van der Waals surface area contributed by atoms with Crippen molar-refractivity contribution in [2.24, 2.45) is 0 Å². The lowest BCUT2D eigenvalue weighted by Gasteiger charge is -2.45. The smallest absolute Gasteiger partial charge is 0.105 e. The van der Waals surface area contributed by atoms with Crippen molar-refractivity contribution in [2.45, 2.75) is 43.9 Å². The minimum Gasteiger partial charge on any atom is -0.381 e. The molecule has 2 saturated heterocycles. The molecule has 0 aliphatic carbocycles. The summed E-state index contributed by atoms with van der Waals surface area (Å²) >= 11 is 1.28. The first-order chi connectivity index (χ1) is 11.2. The van der Waals surface area contributed by atoms with Crippen LogP contribution in [0.5, 0.6) is 0 Å². The molecule has 1 atom stereocenters. The lowest BCUT2D eigenvalue weighted by molar-refractivity contribution is -0.150. The molecule has 0 radical (unpaired) electrons. The zero-order valence-electron chi connectivity index (χ0n) is 13.5. The first kappa shape index (κ1) is 15.4. The number of fused-ring (bicyclic) bond motifs is 1. The van der Waals surface area contributed by atoms with E-state index in [1.807, 2.05) is 0 Å². The van der Waals surface area contributed by atoms with Crippen LogP contribution in [0.2, 0.25) is 0 Å². The van der Waals surface area contributed by atoms with Crippen LogP contribution in [0.15, 0.2) is 18.2 Å². The summed E-state index contributed by atoms with van der Waals surface area (Å²) in [5.41, 5.74) is 3.36. The Hall–Kier alpha value is -1.08. The van der Waals surface area contributed by atoms with Gasteiger partial charge in [0, 0.05) is 32.4 Å². The average molecular weight is 333 g/mol. The number of benzene rings is 1. The Morgan fingerprint density at radius 1 is 1.22 bits per heavy atom. The molecule has 1 unspecified atom stereocenters. The molecule has 2 fully saturated rings. The Bertz CT molecular complexity index is 663. The molecule has 4 rings (SSSR count). The van der Waals surface area contributed by atoms with Crippen LogP contribution < -0.4 is 0 Å². The number of ether oxygens (including phenoxy) is 2. The van der Waals surface area contributed by atoms with E-state index in [1.165, 1.54) is 17.3 Å². The number of nitrogens with zero attached hydrogens (tertiary/aromatic N) is 3. The molecule has 0 N–H and O–H groups in total. The Kier molecular flexibility index (Phi) is 4.32. The van der Waals surface area contributed by atoms with E-state index in [2.05, 4.69) is 38.9 Å². The summed E-state index contributed by atoms with van der Waals surface area (Å²) in [5.74, 6) is 0. The summed E-state index contributed by atoms with van der Waals surface area (Å²) in [7, 11) is 2.23. The monoisotopic (exact) mass is 333 g/mol. The fraction of sp³-hybridized carbons (Fsp3) is 0.647. The Morgan fingerprint density at radius 2 is 2.04 bits per heavy atom. The first-order valence-corrected chi connectivity index (χ1v) is 9.10. The third-order valence-corrected chi connectivity index (χ3v) is 5.80. The molecule has 3 heterocycles. The van der Waals surface area contributed by atoms with Gasteiger partial charge in [-0.25, -0.2) is 0 Å². The zero-order valence-corrected chi connectivity index (χ0v) is 14.3. The van der Waals surface area contributed by atoms with Gasteiger partial charge in [0.15, 0.2) is 0 Å². The van der Waals surface area contributed by atoms with Crippen molar-refractivity contribution in [3.63, 3.8) is 0 Å². The standard InChI is InChI=1S/C17H23N3O2S/c1-20(12-13-2-3-15-16(10-13)19-23-18-15)14-4-7-22-17(11-14)5-8-21-9-6-17/h2-3,10,14H,4-9,11-12H2,1H3. The topological polar surface area (TPSA) is 47.5 Å². The lowest BCUT2D eigenvalue weighted by Crippen LogP contribution is -2.50. The highest BCUT2D eigenvalue weighted by Gasteiger charge is 2.40. The van der Waals surface area contributed by atoms with Gasteiger partial charge in [-0.1, -0.05) is 6.07 Å². The second kappa shape index (κ2) is 6.43. The van der Waals surface area contributed by atoms with Crippen LogP contribution in [0, 0.1) is 0 Å². The van der Waals surface area contributed by atoms with Gasteiger partial charge in [0.05, 0.1) is 17.3 Å². The molecule has 124 valence electrons. The highest BCUT2D eigenvalue weighted by atomic mass is 32.1. The molecule has 1 aromatic heterocycles. The molecule has 0 bridgehead atoms. The van der Waals surface area contributed by atoms with Crippen LogP contribution in [0.25, 0.3) is 11.0 Å². The third-order valence-electron chi connectivity index (χ3n) is 5.24. The van der Waals surface area contributed by atoms with Crippen LogP contribution >= 0.6 is 11.7 Å². The van der Waals surface area contributed by atoms with E-state index in [-0.39, 0.29) is 5.60 Å². The van der Waals surface area contributed by atoms with Crippen molar-refractivity contribution < 1.29 is 9.47 Å². The maximum absolute atomic E-state index is 6.16. The van der Waals surface area contributed by atoms with Gasteiger partial charge < -0.3 is 9.47 Å². The van der Waals surface area contributed by atoms with Crippen LogP contribution in [0.3, 0.4) is 0 Å². The third kappa shape index (κ3) is 3.26. The molecule has 0 saturated carbocycles. The van der Waals surface area contributed by atoms with E-state index in [9.17, 15) is 0 Å². The maximum Gasteiger partial charge on any atom is 0.105 e. The van der Waals surface area contributed by atoms with E-state index >= 15 is 0 Å². The van der Waals surface area contributed by atoms with Gasteiger partial charge in [-0.05, 0) is 50.4 Å². The zero-order chi connectivity index (χ0) is 15.7. The molecule has 1 spiro atoms. The van der Waals surface area contributed by atoms with Gasteiger partial charge in [-0.2, -0.15) is 8.75 Å². The Labute approximate surface area is 140 Å². The van der Waals surface area contributed by atoms with E-state index in [1.54, 1.807) is 0 Å². The quantitative estimate of drug-likeness (QED) is 0.864. The summed E-state index contributed by atoms with van der Waals surface area (Å²) in [5, 5.41) is 0. The lowest BCUT2D eigenvalue weighted by atomic mass is 9.83. The number of aromatic nitrogens is 2. The largest absolute Gasteiger partial charge is 0.381 e. The summed E-state index contributed by atoms with van der Waals surface area (Å²) in [6.07, 6.45) is 4.30. The second-order valence-electron chi connectivity index (χ2n) is 6.79. The second-order valence-corrected chi connectivity index (χ2v) is 7.32. The summed E-state index contributed by atoms with van der Waals surface area (Å²) in [4.78, 5) is 2.47. The average Bonchev–Trinajstić information content (AvgIpc) is 3.03. The molecular weight excluding hydrogens is 310 g/mol. The molecule has 6 heteroatoms. The maximum atomic E-state index is 6.16. The van der Waals surface area contributed by atoms with Crippen molar-refractivity contribution in [2.75, 3.05) is 26.9 Å². The van der Waals surface area contributed by atoms with Crippen molar-refractivity contribution >= 4 is 22.8 Å². The van der Waals surface area contributed by atoms with Crippen LogP contribution in [0.4, 0.5) is 0 Å². The van der Waals surface area contributed by atoms with Crippen LogP contribution in [-0.4, -0.2) is 52.2 Å². The fourth-order valence-corrected chi connectivity index (χ4v) is 4.33. The van der Waals surface area contributed by atoms with Crippen molar-refractivity contribution in [1.82, 2.24) is 13.6 Å². The highest BCUT2D eigenvalue weighted by molar-refractivity contribution is 7.00. The van der Waals surface area contributed by atoms with Crippen molar-refractivity contribution in [3.05, 3.63) is 23.8 Å². The summed E-state index contributed by atoms with van der Waals surface area (Å²) < 4.78 is 20.3. The number of hydrogen-bond acceptors (Lipinski definition) is 6. The van der Waals surface area contributed by atoms with E-state index < -0.39 is 0 Å². The van der Waals surface area contributed by atoms with Crippen LogP contribution in [0.1, 0.15) is 31.2 Å². The fourth-order valence-electron chi connectivity index (χ4n) is 3.81. The van der Waals surface area contributed by atoms with Gasteiger partial charge in [-0.15, -0.1) is 0 Å². The highest BCUT2D eigenvalue weighted by Crippen LogP contribution is 2.36. The predicted octanol–water partition coefficient (Wildman–Crippen LogP) is 2.85. The molecule has 1 aromatic carbocycles. The first-order valence-electron chi connectivity index (χ1n) is 8.37. The predicted molar refractivity (Wildman–Crippen MR) is 90.6 cm³/mol. The molecule has 2 aliphatic rings. The van der Waals surface area contributed by atoms with E-state index in [4.69, 9.17) is 9.47 Å². The van der Waals surface area contributed by atoms with Gasteiger partial charge in [0.2, 0.25) is 0 Å². The summed E-state index contributed by atoms with van der Waals surface area (Å²) in [6.45, 7) is 3.49. The van der Waals surface area contributed by atoms with Gasteiger partial charge in [0.1, 0.15) is 11.0 Å². The molecule has 2 aliphatic heterocycles. The van der Waals surface area contributed by atoms with Gasteiger partial charge >= 0.3 is 0 Å². The van der Waals surface area contributed by atoms with Crippen molar-refractivity contribution in [1.29, 1.82) is 0 Å².